The van der Waals surface area contributed by atoms with Crippen molar-refractivity contribution in [3.05, 3.63) is 0 Å². The van der Waals surface area contributed by atoms with Crippen LogP contribution >= 0.6 is 39.0 Å². The Bertz CT molecular complexity index is 331. The van der Waals surface area contributed by atoms with Gasteiger partial charge in [0.2, 0.25) is 5.13 Å². The Labute approximate surface area is 133 Å². The Balaban J connectivity index is 1.95. The molecular formula is C13H24BrN3S2. The van der Waals surface area contributed by atoms with Gasteiger partial charge in [-0.25, -0.2) is 0 Å². The number of thioether (sulfide) groups is 1. The van der Waals surface area contributed by atoms with Crippen LogP contribution in [0.4, 0.5) is 5.13 Å². The summed E-state index contributed by atoms with van der Waals surface area (Å²) in [6.07, 6.45) is 9.49. The average molecular weight is 366 g/mol. The summed E-state index contributed by atoms with van der Waals surface area (Å²) in [5.74, 6) is 1.17. The van der Waals surface area contributed by atoms with Crippen LogP contribution in [0.25, 0.3) is 0 Å². The fourth-order valence-electron chi connectivity index (χ4n) is 1.68. The molecule has 1 aromatic rings. The quantitative estimate of drug-likeness (QED) is 0.319. The topological polar surface area (TPSA) is 29.0 Å². The number of unbranched alkanes of at least 4 members (excludes halogenated alkanes) is 6. The first-order valence-corrected chi connectivity index (χ1v) is 9.86. The van der Waals surface area contributed by atoms with Gasteiger partial charge >= 0.3 is 0 Å². The van der Waals surface area contributed by atoms with Gasteiger partial charge in [-0.2, -0.15) is 0 Å². The van der Waals surface area contributed by atoms with E-state index in [-0.39, 0.29) is 0 Å². The first-order valence-electron chi connectivity index (χ1n) is 6.93. The molecule has 0 radical (unpaired) electrons. The second-order valence-corrected chi connectivity index (χ2v) is 7.85. The molecule has 0 spiro atoms. The van der Waals surface area contributed by atoms with Gasteiger partial charge in [-0.3, -0.25) is 0 Å². The highest BCUT2D eigenvalue weighted by Crippen LogP contribution is 2.27. The third kappa shape index (κ3) is 8.15. The van der Waals surface area contributed by atoms with Crippen molar-refractivity contribution in [3.8, 4) is 0 Å². The summed E-state index contributed by atoms with van der Waals surface area (Å²) in [5, 5.41) is 10.5. The van der Waals surface area contributed by atoms with Gasteiger partial charge < -0.3 is 4.90 Å². The summed E-state index contributed by atoms with van der Waals surface area (Å²) in [6, 6.07) is 0. The molecule has 1 heterocycles. The number of hydrogen-bond donors (Lipinski definition) is 0. The van der Waals surface area contributed by atoms with Crippen LogP contribution in [0.2, 0.25) is 0 Å². The Hall–Kier alpha value is 0.190. The number of hydrogen-bond acceptors (Lipinski definition) is 5. The molecule has 19 heavy (non-hydrogen) atoms. The fraction of sp³-hybridized carbons (Fsp3) is 0.846. The summed E-state index contributed by atoms with van der Waals surface area (Å²) < 4.78 is 1.10. The molecule has 110 valence electrons. The third-order valence-electron chi connectivity index (χ3n) is 2.78. The van der Waals surface area contributed by atoms with Crippen molar-refractivity contribution >= 4 is 44.2 Å². The SMILES string of the molecule is CN(C)c1nnc(SCCCCCCCCCBr)s1. The van der Waals surface area contributed by atoms with Gasteiger partial charge in [-0.05, 0) is 12.8 Å². The summed E-state index contributed by atoms with van der Waals surface area (Å²) in [7, 11) is 4.01. The molecule has 0 atom stereocenters. The van der Waals surface area contributed by atoms with Crippen LogP contribution in [0, 0.1) is 0 Å². The lowest BCUT2D eigenvalue weighted by Crippen LogP contribution is -2.07. The van der Waals surface area contributed by atoms with Crippen LogP contribution < -0.4 is 4.90 Å². The molecule has 0 aromatic carbocycles. The number of nitrogens with zero attached hydrogens (tertiary/aromatic N) is 3. The highest BCUT2D eigenvalue weighted by atomic mass is 79.9. The van der Waals surface area contributed by atoms with Gasteiger partial charge in [0.05, 0.1) is 0 Å². The molecule has 0 N–H and O–H groups in total. The lowest BCUT2D eigenvalue weighted by molar-refractivity contribution is 0.606. The minimum atomic E-state index is 0.995. The monoisotopic (exact) mass is 365 g/mol. The van der Waals surface area contributed by atoms with Crippen LogP contribution in [-0.2, 0) is 0 Å². The van der Waals surface area contributed by atoms with E-state index in [1.54, 1.807) is 11.3 Å². The van der Waals surface area contributed by atoms with E-state index in [0.717, 1.165) is 14.8 Å². The number of halogens is 1. The Morgan fingerprint density at radius 2 is 1.63 bits per heavy atom. The van der Waals surface area contributed by atoms with Gasteiger partial charge in [0, 0.05) is 25.2 Å². The zero-order chi connectivity index (χ0) is 13.9. The third-order valence-corrected chi connectivity index (χ3v) is 5.65. The van der Waals surface area contributed by atoms with Crippen molar-refractivity contribution in [2.45, 2.75) is 49.3 Å². The van der Waals surface area contributed by atoms with E-state index in [1.807, 2.05) is 30.8 Å². The van der Waals surface area contributed by atoms with E-state index in [1.165, 1.54) is 50.7 Å². The average Bonchev–Trinajstić information content (AvgIpc) is 2.86. The van der Waals surface area contributed by atoms with E-state index in [9.17, 15) is 0 Å². The predicted molar refractivity (Wildman–Crippen MR) is 91.1 cm³/mol. The molecule has 1 rings (SSSR count). The van der Waals surface area contributed by atoms with E-state index >= 15 is 0 Å². The molecule has 0 bridgehead atoms. The van der Waals surface area contributed by atoms with E-state index in [2.05, 4.69) is 26.1 Å². The molecule has 0 aliphatic carbocycles. The summed E-state index contributed by atoms with van der Waals surface area (Å²) in [5.41, 5.74) is 0. The lowest BCUT2D eigenvalue weighted by atomic mass is 10.1. The second kappa shape index (κ2) is 10.9. The number of aromatic nitrogens is 2. The van der Waals surface area contributed by atoms with Crippen molar-refractivity contribution in [2.75, 3.05) is 30.1 Å². The van der Waals surface area contributed by atoms with E-state index < -0.39 is 0 Å². The molecule has 0 fully saturated rings. The van der Waals surface area contributed by atoms with E-state index in [0.29, 0.717) is 0 Å². The maximum atomic E-state index is 4.19. The zero-order valence-electron chi connectivity index (χ0n) is 11.9. The van der Waals surface area contributed by atoms with Gasteiger partial charge in [-0.1, -0.05) is 71.1 Å². The molecule has 0 aliphatic heterocycles. The minimum Gasteiger partial charge on any atom is -0.353 e. The van der Waals surface area contributed by atoms with Crippen molar-refractivity contribution in [3.63, 3.8) is 0 Å². The molecule has 0 amide bonds. The second-order valence-electron chi connectivity index (χ2n) is 4.76. The van der Waals surface area contributed by atoms with Crippen molar-refractivity contribution in [1.82, 2.24) is 10.2 Å². The minimum absolute atomic E-state index is 0.995. The molecule has 0 saturated carbocycles. The molecule has 6 heteroatoms. The zero-order valence-corrected chi connectivity index (χ0v) is 15.1. The molecule has 1 aromatic heterocycles. The van der Waals surface area contributed by atoms with Crippen molar-refractivity contribution < 1.29 is 0 Å². The normalized spacial score (nSPS) is 10.9. The number of anilines is 1. The van der Waals surface area contributed by atoms with Crippen molar-refractivity contribution in [2.24, 2.45) is 0 Å². The van der Waals surface area contributed by atoms with E-state index in [4.69, 9.17) is 0 Å². The van der Waals surface area contributed by atoms with Gasteiger partial charge in [0.1, 0.15) is 0 Å². The first-order chi connectivity index (χ1) is 9.24. The molecule has 0 aliphatic rings. The highest BCUT2D eigenvalue weighted by Gasteiger charge is 2.05. The van der Waals surface area contributed by atoms with Crippen molar-refractivity contribution in [1.29, 1.82) is 0 Å². The maximum Gasteiger partial charge on any atom is 0.208 e. The first kappa shape index (κ1) is 17.2. The molecule has 0 unspecified atom stereocenters. The van der Waals surface area contributed by atoms with Crippen LogP contribution in [0.1, 0.15) is 44.9 Å². The van der Waals surface area contributed by atoms with Gasteiger partial charge in [0.25, 0.3) is 0 Å². The lowest BCUT2D eigenvalue weighted by Gasteiger charge is -2.03. The summed E-state index contributed by atoms with van der Waals surface area (Å²) in [4.78, 5) is 2.01. The molecule has 0 saturated heterocycles. The van der Waals surface area contributed by atoms with Gasteiger partial charge in [0.15, 0.2) is 4.34 Å². The largest absolute Gasteiger partial charge is 0.353 e. The Kier molecular flexibility index (Phi) is 9.91. The molecule has 3 nitrogen and oxygen atoms in total. The number of alkyl halides is 1. The molecular weight excluding hydrogens is 342 g/mol. The van der Waals surface area contributed by atoms with Crippen LogP contribution in [0.3, 0.4) is 0 Å². The Morgan fingerprint density at radius 1 is 1.00 bits per heavy atom. The van der Waals surface area contributed by atoms with Gasteiger partial charge in [-0.15, -0.1) is 10.2 Å². The standard InChI is InChI=1S/C13H24BrN3S2/c1-17(2)12-15-16-13(19-12)18-11-9-7-5-3-4-6-8-10-14/h3-11H2,1-2H3. The maximum absolute atomic E-state index is 4.19. The smallest absolute Gasteiger partial charge is 0.208 e. The van der Waals surface area contributed by atoms with Crippen LogP contribution in [-0.4, -0.2) is 35.4 Å². The number of rotatable bonds is 11. The summed E-state index contributed by atoms with van der Waals surface area (Å²) in [6.45, 7) is 0. The summed E-state index contributed by atoms with van der Waals surface area (Å²) >= 11 is 6.99. The Morgan fingerprint density at radius 3 is 2.21 bits per heavy atom. The predicted octanol–water partition coefficient (Wildman–Crippen LogP) is 4.82. The fourth-order valence-corrected chi connectivity index (χ4v) is 3.91. The van der Waals surface area contributed by atoms with Crippen LogP contribution in [0.15, 0.2) is 4.34 Å². The van der Waals surface area contributed by atoms with Crippen LogP contribution in [0.5, 0.6) is 0 Å². The highest BCUT2D eigenvalue weighted by molar-refractivity contribution is 9.09.